The van der Waals surface area contributed by atoms with E-state index in [1.807, 2.05) is 4.72 Å². The van der Waals surface area contributed by atoms with Gasteiger partial charge < -0.3 is 11.5 Å². The van der Waals surface area contributed by atoms with E-state index in [2.05, 4.69) is 0 Å². The monoisotopic (exact) mass is 307 g/mol. The fourth-order valence-electron chi connectivity index (χ4n) is 1.50. The number of sulfonamides is 1. The molecule has 1 rings (SSSR count). The molecular formula is C11H15F2N3O3S. The molecule has 0 saturated heterocycles. The fourth-order valence-corrected chi connectivity index (χ4v) is 2.95. The van der Waals surface area contributed by atoms with Crippen LogP contribution in [0.1, 0.15) is 13.8 Å². The van der Waals surface area contributed by atoms with Gasteiger partial charge in [-0.2, -0.15) is 4.72 Å². The van der Waals surface area contributed by atoms with Gasteiger partial charge in [0.1, 0.15) is 22.6 Å². The molecule has 0 aromatic heterocycles. The number of hydrogen-bond acceptors (Lipinski definition) is 4. The maximum Gasteiger partial charge on any atom is 0.244 e. The first-order valence-electron chi connectivity index (χ1n) is 5.62. The van der Waals surface area contributed by atoms with Crippen molar-refractivity contribution >= 4 is 21.6 Å². The molecule has 1 aromatic rings. The second-order valence-electron chi connectivity index (χ2n) is 4.55. The minimum atomic E-state index is -4.39. The van der Waals surface area contributed by atoms with Crippen LogP contribution < -0.4 is 16.2 Å². The quantitative estimate of drug-likeness (QED) is 0.680. The largest absolute Gasteiger partial charge is 0.396 e. The molecule has 0 spiro atoms. The Bertz CT molecular complexity index is 632. The predicted molar refractivity (Wildman–Crippen MR) is 68.9 cm³/mol. The maximum absolute atomic E-state index is 13.5. The normalized spacial score (nSPS) is 13.4. The second-order valence-corrected chi connectivity index (χ2v) is 6.23. The first kappa shape index (κ1) is 16.3. The van der Waals surface area contributed by atoms with Crippen molar-refractivity contribution in [2.75, 3.05) is 5.73 Å². The number of hydrogen-bond donors (Lipinski definition) is 3. The molecule has 112 valence electrons. The summed E-state index contributed by atoms with van der Waals surface area (Å²) in [5, 5.41) is 0. The van der Waals surface area contributed by atoms with Gasteiger partial charge in [0, 0.05) is 6.07 Å². The number of carbonyl (C=O) groups is 1. The summed E-state index contributed by atoms with van der Waals surface area (Å²) in [7, 11) is -4.39. The average Bonchev–Trinajstić information content (AvgIpc) is 2.30. The zero-order chi connectivity index (χ0) is 15.7. The molecule has 0 bridgehead atoms. The van der Waals surface area contributed by atoms with E-state index in [1.165, 1.54) is 0 Å². The lowest BCUT2D eigenvalue weighted by molar-refractivity contribution is -0.120. The Morgan fingerprint density at radius 2 is 1.80 bits per heavy atom. The zero-order valence-corrected chi connectivity index (χ0v) is 11.7. The van der Waals surface area contributed by atoms with Gasteiger partial charge in [0.25, 0.3) is 0 Å². The lowest BCUT2D eigenvalue weighted by Gasteiger charge is -2.19. The van der Waals surface area contributed by atoms with Gasteiger partial charge in [0.2, 0.25) is 15.9 Å². The van der Waals surface area contributed by atoms with Crippen LogP contribution in [-0.4, -0.2) is 20.4 Å². The second kappa shape index (κ2) is 5.71. The molecular weight excluding hydrogens is 292 g/mol. The lowest BCUT2D eigenvalue weighted by atomic mass is 10.1. The van der Waals surface area contributed by atoms with Crippen molar-refractivity contribution in [2.45, 2.75) is 24.8 Å². The Labute approximate surface area is 115 Å². The summed E-state index contributed by atoms with van der Waals surface area (Å²) >= 11 is 0. The molecule has 5 N–H and O–H groups in total. The summed E-state index contributed by atoms with van der Waals surface area (Å²) in [5.41, 5.74) is 9.76. The standard InChI is InChI=1S/C11H15F2N3O3S/c1-5(2)10(11(15)17)16-20(18,19)9-4-8(14)6(12)3-7(9)13/h3-5,10,16H,14H2,1-2H3,(H2,15,17). The molecule has 9 heteroatoms. The molecule has 6 nitrogen and oxygen atoms in total. The van der Waals surface area contributed by atoms with Crippen LogP contribution >= 0.6 is 0 Å². The smallest absolute Gasteiger partial charge is 0.244 e. The van der Waals surface area contributed by atoms with Crippen molar-refractivity contribution < 1.29 is 22.0 Å². The summed E-state index contributed by atoms with van der Waals surface area (Å²) in [4.78, 5) is 10.3. The number of anilines is 1. The Balaban J connectivity index is 3.24. The van der Waals surface area contributed by atoms with E-state index in [4.69, 9.17) is 11.5 Å². The van der Waals surface area contributed by atoms with Crippen molar-refractivity contribution in [2.24, 2.45) is 11.7 Å². The number of rotatable bonds is 5. The Hall–Kier alpha value is -1.74. The number of primary amides is 1. The molecule has 0 saturated carbocycles. The first-order chi connectivity index (χ1) is 9.06. The lowest BCUT2D eigenvalue weighted by Crippen LogP contribution is -2.47. The third-order valence-electron chi connectivity index (χ3n) is 2.60. The van der Waals surface area contributed by atoms with Gasteiger partial charge in [-0.1, -0.05) is 13.8 Å². The maximum atomic E-state index is 13.5. The van der Waals surface area contributed by atoms with Crippen LogP contribution in [0.25, 0.3) is 0 Å². The van der Waals surface area contributed by atoms with Crippen LogP contribution in [0.4, 0.5) is 14.5 Å². The van der Waals surface area contributed by atoms with Gasteiger partial charge in [-0.3, -0.25) is 4.79 Å². The van der Waals surface area contributed by atoms with E-state index in [0.29, 0.717) is 12.1 Å². The fraction of sp³-hybridized carbons (Fsp3) is 0.364. The Morgan fingerprint density at radius 3 is 2.25 bits per heavy atom. The van der Waals surface area contributed by atoms with Crippen molar-refractivity contribution in [1.29, 1.82) is 0 Å². The molecule has 1 unspecified atom stereocenters. The molecule has 1 aromatic carbocycles. The highest BCUT2D eigenvalue weighted by atomic mass is 32.2. The van der Waals surface area contributed by atoms with Crippen LogP contribution in [-0.2, 0) is 14.8 Å². The van der Waals surface area contributed by atoms with Crippen molar-refractivity contribution in [3.63, 3.8) is 0 Å². The number of amides is 1. The average molecular weight is 307 g/mol. The number of nitrogens with two attached hydrogens (primary N) is 2. The number of benzene rings is 1. The highest BCUT2D eigenvalue weighted by Crippen LogP contribution is 2.21. The van der Waals surface area contributed by atoms with Crippen molar-refractivity contribution in [1.82, 2.24) is 4.72 Å². The van der Waals surface area contributed by atoms with E-state index in [9.17, 15) is 22.0 Å². The van der Waals surface area contributed by atoms with E-state index in [-0.39, 0.29) is 0 Å². The molecule has 0 aliphatic rings. The summed E-state index contributed by atoms with van der Waals surface area (Å²) < 4.78 is 52.5. The summed E-state index contributed by atoms with van der Waals surface area (Å²) in [6.45, 7) is 3.13. The molecule has 1 atom stereocenters. The minimum absolute atomic E-state index is 0.360. The number of nitrogen functional groups attached to an aromatic ring is 1. The topological polar surface area (TPSA) is 115 Å². The van der Waals surface area contributed by atoms with Gasteiger partial charge in [0.05, 0.1) is 5.69 Å². The third kappa shape index (κ3) is 3.42. The molecule has 0 heterocycles. The highest BCUT2D eigenvalue weighted by molar-refractivity contribution is 7.89. The van der Waals surface area contributed by atoms with Crippen LogP contribution in [0.2, 0.25) is 0 Å². The predicted octanol–water partition coefficient (Wildman–Crippen LogP) is 0.335. The van der Waals surface area contributed by atoms with Gasteiger partial charge in [-0.05, 0) is 12.0 Å². The van der Waals surface area contributed by atoms with Gasteiger partial charge in [0.15, 0.2) is 0 Å². The van der Waals surface area contributed by atoms with E-state index >= 15 is 0 Å². The van der Waals surface area contributed by atoms with Gasteiger partial charge >= 0.3 is 0 Å². The SMILES string of the molecule is CC(C)C(NS(=O)(=O)c1cc(N)c(F)cc1F)C(N)=O. The summed E-state index contributed by atoms with van der Waals surface area (Å²) in [6, 6.07) is -0.213. The van der Waals surface area contributed by atoms with Crippen molar-refractivity contribution in [3.05, 3.63) is 23.8 Å². The molecule has 0 aliphatic carbocycles. The summed E-state index contributed by atoms with van der Waals surface area (Å²) in [6.07, 6.45) is 0. The van der Waals surface area contributed by atoms with Crippen molar-refractivity contribution in [3.8, 4) is 0 Å². The molecule has 1 amide bonds. The number of halogens is 2. The highest BCUT2D eigenvalue weighted by Gasteiger charge is 2.29. The Kier molecular flexibility index (Phi) is 4.66. The van der Waals surface area contributed by atoms with E-state index in [0.717, 1.165) is 0 Å². The van der Waals surface area contributed by atoms with Crippen LogP contribution in [0.3, 0.4) is 0 Å². The number of nitrogens with one attached hydrogen (secondary N) is 1. The van der Waals surface area contributed by atoms with E-state index in [1.54, 1.807) is 13.8 Å². The zero-order valence-electron chi connectivity index (χ0n) is 10.9. The number of carbonyl (C=O) groups excluding carboxylic acids is 1. The molecule has 0 fully saturated rings. The summed E-state index contributed by atoms with van der Waals surface area (Å²) in [5.74, 6) is -3.73. The minimum Gasteiger partial charge on any atom is -0.396 e. The van der Waals surface area contributed by atoms with E-state index < -0.39 is 50.1 Å². The first-order valence-corrected chi connectivity index (χ1v) is 7.10. The molecule has 20 heavy (non-hydrogen) atoms. The van der Waals surface area contributed by atoms with Crippen LogP contribution in [0.5, 0.6) is 0 Å². The van der Waals surface area contributed by atoms with Crippen LogP contribution in [0.15, 0.2) is 17.0 Å². The van der Waals surface area contributed by atoms with Gasteiger partial charge in [-0.25, -0.2) is 17.2 Å². The Morgan fingerprint density at radius 1 is 1.25 bits per heavy atom. The van der Waals surface area contributed by atoms with Crippen LogP contribution in [0, 0.1) is 17.6 Å². The third-order valence-corrected chi connectivity index (χ3v) is 4.05. The molecule has 0 radical (unpaired) electrons. The van der Waals surface area contributed by atoms with Gasteiger partial charge in [-0.15, -0.1) is 0 Å². The molecule has 0 aliphatic heterocycles.